The molecule has 3 heterocycles. The van der Waals surface area contributed by atoms with Gasteiger partial charge in [-0.2, -0.15) is 4.31 Å². The standard InChI is InChI=1S/C23H21BrN4O3S2/c24-18-6-8-20(9-7-18)33(30,31)27-12-10-26(11-13-27)15-19-14-22(29)28-21(16-32-23(28)25-19)17-4-2-1-3-5-17/h1-9,14,16H,10-13,15H2. The van der Waals surface area contributed by atoms with Crippen LogP contribution in [-0.2, 0) is 16.6 Å². The molecule has 1 aliphatic heterocycles. The van der Waals surface area contributed by atoms with E-state index < -0.39 is 10.0 Å². The third-order valence-corrected chi connectivity index (χ3v) is 8.96. The maximum atomic E-state index is 12.9. The minimum absolute atomic E-state index is 0.105. The molecule has 0 unspecified atom stereocenters. The number of benzene rings is 2. The fraction of sp³-hybridized carbons (Fsp3) is 0.217. The van der Waals surface area contributed by atoms with Gasteiger partial charge in [0.15, 0.2) is 4.96 Å². The van der Waals surface area contributed by atoms with Crippen LogP contribution < -0.4 is 5.56 Å². The molecule has 1 aliphatic rings. The average molecular weight is 545 g/mol. The molecule has 0 radical (unpaired) electrons. The molecule has 0 atom stereocenters. The fourth-order valence-electron chi connectivity index (χ4n) is 3.97. The van der Waals surface area contributed by atoms with Gasteiger partial charge in [0, 0.05) is 48.6 Å². The summed E-state index contributed by atoms with van der Waals surface area (Å²) < 4.78 is 29.8. The van der Waals surface area contributed by atoms with Crippen molar-refractivity contribution in [2.45, 2.75) is 11.4 Å². The molecule has 0 aliphatic carbocycles. The zero-order valence-corrected chi connectivity index (χ0v) is 20.8. The van der Waals surface area contributed by atoms with E-state index >= 15 is 0 Å². The zero-order valence-electron chi connectivity index (χ0n) is 17.6. The molecule has 2 aromatic carbocycles. The summed E-state index contributed by atoms with van der Waals surface area (Å²) in [6.07, 6.45) is 0. The van der Waals surface area contributed by atoms with Crippen molar-refractivity contribution in [2.24, 2.45) is 0 Å². The summed E-state index contributed by atoms with van der Waals surface area (Å²) >= 11 is 4.78. The van der Waals surface area contributed by atoms with E-state index in [2.05, 4.69) is 20.8 Å². The first-order valence-corrected chi connectivity index (χ1v) is 13.6. The molecular weight excluding hydrogens is 524 g/mol. The lowest BCUT2D eigenvalue weighted by molar-refractivity contribution is 0.180. The molecule has 170 valence electrons. The van der Waals surface area contributed by atoms with Gasteiger partial charge >= 0.3 is 0 Å². The maximum Gasteiger partial charge on any atom is 0.259 e. The Balaban J connectivity index is 1.30. The molecule has 7 nitrogen and oxygen atoms in total. The molecule has 33 heavy (non-hydrogen) atoms. The molecule has 1 saturated heterocycles. The summed E-state index contributed by atoms with van der Waals surface area (Å²) in [6.45, 7) is 2.47. The van der Waals surface area contributed by atoms with E-state index in [4.69, 9.17) is 4.98 Å². The summed E-state index contributed by atoms with van der Waals surface area (Å²) in [7, 11) is -3.52. The van der Waals surface area contributed by atoms with Gasteiger partial charge in [-0.1, -0.05) is 46.3 Å². The minimum Gasteiger partial charge on any atom is -0.295 e. The lowest BCUT2D eigenvalue weighted by Gasteiger charge is -2.33. The van der Waals surface area contributed by atoms with Crippen molar-refractivity contribution in [3.63, 3.8) is 0 Å². The SMILES string of the molecule is O=c1cc(CN2CCN(S(=O)(=O)c3ccc(Br)cc3)CC2)nc2scc(-c3ccccc3)n12. The first kappa shape index (κ1) is 22.4. The van der Waals surface area contributed by atoms with E-state index in [1.165, 1.54) is 15.6 Å². The first-order valence-electron chi connectivity index (χ1n) is 10.5. The van der Waals surface area contributed by atoms with Gasteiger partial charge in [0.25, 0.3) is 5.56 Å². The Morgan fingerprint density at radius 2 is 1.67 bits per heavy atom. The summed E-state index contributed by atoms with van der Waals surface area (Å²) in [4.78, 5) is 20.7. The largest absolute Gasteiger partial charge is 0.295 e. The van der Waals surface area contributed by atoms with Gasteiger partial charge < -0.3 is 0 Å². The fourth-order valence-corrected chi connectivity index (χ4v) is 6.58. The van der Waals surface area contributed by atoms with Gasteiger partial charge in [-0.05, 0) is 29.8 Å². The highest BCUT2D eigenvalue weighted by Gasteiger charge is 2.28. The van der Waals surface area contributed by atoms with Crippen molar-refractivity contribution < 1.29 is 8.42 Å². The molecule has 5 rings (SSSR count). The van der Waals surface area contributed by atoms with E-state index in [0.717, 1.165) is 15.7 Å². The van der Waals surface area contributed by atoms with E-state index in [9.17, 15) is 13.2 Å². The number of aromatic nitrogens is 2. The van der Waals surface area contributed by atoms with E-state index in [-0.39, 0.29) is 5.56 Å². The second kappa shape index (κ2) is 9.11. The summed E-state index contributed by atoms with van der Waals surface area (Å²) in [6, 6.07) is 18.1. The third-order valence-electron chi connectivity index (χ3n) is 5.70. The van der Waals surface area contributed by atoms with Crippen molar-refractivity contribution >= 4 is 42.3 Å². The van der Waals surface area contributed by atoms with Gasteiger partial charge in [0.1, 0.15) is 0 Å². The average Bonchev–Trinajstić information content (AvgIpc) is 3.25. The number of hydrogen-bond donors (Lipinski definition) is 0. The Bertz CT molecular complexity index is 1440. The Labute approximate surface area is 204 Å². The topological polar surface area (TPSA) is 75.0 Å². The number of halogens is 1. The van der Waals surface area contributed by atoms with Gasteiger partial charge in [0.05, 0.1) is 16.3 Å². The number of piperazine rings is 1. The number of nitrogens with zero attached hydrogens (tertiary/aromatic N) is 4. The smallest absolute Gasteiger partial charge is 0.259 e. The molecule has 0 bridgehead atoms. The number of thiazole rings is 1. The highest BCUT2D eigenvalue weighted by atomic mass is 79.9. The second-order valence-corrected chi connectivity index (χ2v) is 11.5. The van der Waals surface area contributed by atoms with Gasteiger partial charge in [0.2, 0.25) is 10.0 Å². The highest BCUT2D eigenvalue weighted by molar-refractivity contribution is 9.10. The molecule has 4 aromatic rings. The first-order chi connectivity index (χ1) is 15.9. The van der Waals surface area contributed by atoms with Gasteiger partial charge in [-0.25, -0.2) is 13.4 Å². The molecule has 10 heteroatoms. The number of sulfonamides is 1. The van der Waals surface area contributed by atoms with Gasteiger partial charge in [-0.3, -0.25) is 14.1 Å². The molecule has 0 saturated carbocycles. The van der Waals surface area contributed by atoms with Crippen molar-refractivity contribution in [3.8, 4) is 11.3 Å². The normalized spacial score (nSPS) is 15.8. The molecule has 0 spiro atoms. The molecule has 2 aromatic heterocycles. The van der Waals surface area contributed by atoms with Crippen LogP contribution in [0.4, 0.5) is 0 Å². The summed E-state index contributed by atoms with van der Waals surface area (Å²) in [5.74, 6) is 0. The van der Waals surface area contributed by atoms with E-state index in [1.807, 2.05) is 35.7 Å². The molecule has 1 fully saturated rings. The van der Waals surface area contributed by atoms with Crippen LogP contribution in [-0.4, -0.2) is 53.2 Å². The number of hydrogen-bond acceptors (Lipinski definition) is 6. The van der Waals surface area contributed by atoms with Crippen LogP contribution in [0.2, 0.25) is 0 Å². The van der Waals surface area contributed by atoms with Crippen LogP contribution in [0.15, 0.2) is 80.2 Å². The van der Waals surface area contributed by atoms with Crippen LogP contribution in [0.5, 0.6) is 0 Å². The Hall–Kier alpha value is -2.37. The van der Waals surface area contributed by atoms with Crippen LogP contribution in [0.3, 0.4) is 0 Å². The maximum absolute atomic E-state index is 12.9. The van der Waals surface area contributed by atoms with Crippen molar-refractivity contribution in [2.75, 3.05) is 26.2 Å². The lowest BCUT2D eigenvalue weighted by atomic mass is 10.2. The Morgan fingerprint density at radius 3 is 2.36 bits per heavy atom. The second-order valence-electron chi connectivity index (χ2n) is 7.82. The number of rotatable bonds is 5. The van der Waals surface area contributed by atoms with Crippen molar-refractivity contribution in [1.82, 2.24) is 18.6 Å². The molecular formula is C23H21BrN4O3S2. The van der Waals surface area contributed by atoms with Crippen LogP contribution in [0.1, 0.15) is 5.69 Å². The Morgan fingerprint density at radius 1 is 0.970 bits per heavy atom. The molecule has 0 amide bonds. The van der Waals surface area contributed by atoms with Crippen LogP contribution in [0, 0.1) is 0 Å². The monoisotopic (exact) mass is 544 g/mol. The number of fused-ring (bicyclic) bond motifs is 1. The zero-order chi connectivity index (χ0) is 23.0. The summed E-state index contributed by atoms with van der Waals surface area (Å²) in [5, 5.41) is 1.95. The lowest BCUT2D eigenvalue weighted by Crippen LogP contribution is -2.48. The predicted molar refractivity (Wildman–Crippen MR) is 133 cm³/mol. The molecule has 0 N–H and O–H groups in total. The van der Waals surface area contributed by atoms with Gasteiger partial charge in [-0.15, -0.1) is 11.3 Å². The minimum atomic E-state index is -3.52. The van der Waals surface area contributed by atoms with Crippen molar-refractivity contribution in [3.05, 3.63) is 86.6 Å². The third kappa shape index (κ3) is 4.53. The van der Waals surface area contributed by atoms with E-state index in [0.29, 0.717) is 48.3 Å². The summed E-state index contributed by atoms with van der Waals surface area (Å²) in [5.41, 5.74) is 2.41. The van der Waals surface area contributed by atoms with Crippen LogP contribution in [0.25, 0.3) is 16.2 Å². The Kier molecular flexibility index (Phi) is 6.19. The predicted octanol–water partition coefficient (Wildman–Crippen LogP) is 3.69. The quantitative estimate of drug-likeness (QED) is 0.383. The van der Waals surface area contributed by atoms with Crippen molar-refractivity contribution in [1.29, 1.82) is 0 Å². The van der Waals surface area contributed by atoms with E-state index in [1.54, 1.807) is 34.7 Å². The van der Waals surface area contributed by atoms with Crippen LogP contribution >= 0.6 is 27.3 Å². The highest BCUT2D eigenvalue weighted by Crippen LogP contribution is 2.24.